The molecule has 6 heterocycles. The van der Waals surface area contributed by atoms with E-state index in [-0.39, 0.29) is 12.1 Å². The van der Waals surface area contributed by atoms with Crippen LogP contribution in [0.2, 0.25) is 0 Å². The summed E-state index contributed by atoms with van der Waals surface area (Å²) in [5, 5.41) is 42.5. The van der Waals surface area contributed by atoms with E-state index in [2.05, 4.69) is 22.2 Å². The molecular formula is C23H35ClN4O12. The SMILES string of the molecule is CC1(C)OC[C@@H]2C(O1)[C@@H]1OC(C)(C)O[C@@H]1[C@H]1NC(=O)C(=O)N21.CCl.O=C1N[C@@H]2[C@@H](O)[C@@H](O)C(O)[C@@H](CO)N2C1=O. The molecule has 0 aromatic rings. The summed E-state index contributed by atoms with van der Waals surface area (Å²) in [6.07, 6.45) is -5.89. The third-order valence-corrected chi connectivity index (χ3v) is 7.53. The van der Waals surface area contributed by atoms with Gasteiger partial charge in [0.05, 0.1) is 25.3 Å². The van der Waals surface area contributed by atoms with E-state index in [4.69, 9.17) is 24.1 Å². The molecule has 0 spiro atoms. The van der Waals surface area contributed by atoms with Gasteiger partial charge in [-0.1, -0.05) is 0 Å². The molecule has 10 atom stereocenters. The number of amides is 4. The molecule has 0 aromatic heterocycles. The lowest BCUT2D eigenvalue weighted by Gasteiger charge is -2.51. The van der Waals surface area contributed by atoms with Gasteiger partial charge >= 0.3 is 23.6 Å². The van der Waals surface area contributed by atoms with Crippen molar-refractivity contribution >= 4 is 35.2 Å². The number of piperidine rings is 2. The Balaban J connectivity index is 0.000000183. The van der Waals surface area contributed by atoms with Crippen LogP contribution < -0.4 is 10.6 Å². The van der Waals surface area contributed by atoms with Crippen LogP contribution in [0, 0.1) is 0 Å². The number of nitrogens with one attached hydrogen (secondary N) is 2. The first-order chi connectivity index (χ1) is 18.7. The molecule has 2 unspecified atom stereocenters. The van der Waals surface area contributed by atoms with Crippen molar-refractivity contribution < 1.29 is 58.6 Å². The van der Waals surface area contributed by atoms with Gasteiger partial charge in [0.25, 0.3) is 0 Å². The van der Waals surface area contributed by atoms with Gasteiger partial charge in [0, 0.05) is 6.38 Å². The van der Waals surface area contributed by atoms with Crippen molar-refractivity contribution in [3.63, 3.8) is 0 Å². The quantitative estimate of drug-likeness (QED) is 0.126. The molecule has 6 fully saturated rings. The number of alkyl halides is 1. The van der Waals surface area contributed by atoms with Crippen molar-refractivity contribution in [2.45, 2.75) is 100 Å². The van der Waals surface area contributed by atoms with Crippen LogP contribution in [0.3, 0.4) is 0 Å². The van der Waals surface area contributed by atoms with Crippen LogP contribution in [0.4, 0.5) is 0 Å². The number of rotatable bonds is 1. The van der Waals surface area contributed by atoms with Crippen LogP contribution in [-0.4, -0.2) is 146 Å². The molecule has 16 nitrogen and oxygen atoms in total. The third-order valence-electron chi connectivity index (χ3n) is 7.53. The molecule has 6 rings (SSSR count). The molecule has 6 aliphatic rings. The third kappa shape index (κ3) is 5.05. The highest BCUT2D eigenvalue weighted by Crippen LogP contribution is 2.43. The lowest BCUT2D eigenvalue weighted by atomic mass is 9.91. The number of hydrogen-bond donors (Lipinski definition) is 6. The highest BCUT2D eigenvalue weighted by Gasteiger charge is 2.64. The smallest absolute Gasteiger partial charge is 0.314 e. The Labute approximate surface area is 234 Å². The summed E-state index contributed by atoms with van der Waals surface area (Å²) < 4.78 is 23.6. The van der Waals surface area contributed by atoms with E-state index in [9.17, 15) is 34.5 Å². The van der Waals surface area contributed by atoms with E-state index >= 15 is 0 Å². The average molecular weight is 595 g/mol. The Morgan fingerprint density at radius 3 is 1.90 bits per heavy atom. The maximum Gasteiger partial charge on any atom is 0.314 e. The molecule has 17 heteroatoms. The summed E-state index contributed by atoms with van der Waals surface area (Å²) >= 11 is 4.64. The van der Waals surface area contributed by atoms with Crippen molar-refractivity contribution in [1.29, 1.82) is 0 Å². The van der Waals surface area contributed by atoms with Gasteiger partial charge in [0.15, 0.2) is 11.6 Å². The molecule has 0 saturated carbocycles. The van der Waals surface area contributed by atoms with Crippen LogP contribution in [0.1, 0.15) is 27.7 Å². The molecule has 6 aliphatic heterocycles. The first-order valence-electron chi connectivity index (χ1n) is 12.6. The van der Waals surface area contributed by atoms with Gasteiger partial charge in [-0.3, -0.25) is 19.2 Å². The zero-order valence-corrected chi connectivity index (χ0v) is 23.3. The predicted octanol–water partition coefficient (Wildman–Crippen LogP) is -4.09. The van der Waals surface area contributed by atoms with Crippen LogP contribution in [0.15, 0.2) is 0 Å². The first-order valence-corrected chi connectivity index (χ1v) is 13.4. The summed E-state index contributed by atoms with van der Waals surface area (Å²) in [7, 11) is 0. The van der Waals surface area contributed by atoms with Crippen molar-refractivity contribution in [2.75, 3.05) is 19.6 Å². The van der Waals surface area contributed by atoms with Gasteiger partial charge in [0.1, 0.15) is 49.0 Å². The van der Waals surface area contributed by atoms with Crippen molar-refractivity contribution in [3.05, 3.63) is 0 Å². The summed E-state index contributed by atoms with van der Waals surface area (Å²) in [4.78, 5) is 48.9. The zero-order valence-electron chi connectivity index (χ0n) is 22.5. The van der Waals surface area contributed by atoms with E-state index in [1.165, 1.54) is 11.3 Å². The largest absolute Gasteiger partial charge is 0.394 e. The fraction of sp³-hybridized carbons (Fsp3) is 0.826. The monoisotopic (exact) mass is 594 g/mol. The molecule has 0 radical (unpaired) electrons. The van der Waals surface area contributed by atoms with Gasteiger partial charge in [-0.25, -0.2) is 0 Å². The van der Waals surface area contributed by atoms with Gasteiger partial charge in [0.2, 0.25) is 0 Å². The second-order valence-corrected chi connectivity index (χ2v) is 10.9. The minimum absolute atomic E-state index is 0.294. The minimum Gasteiger partial charge on any atom is -0.394 e. The number of halogens is 1. The van der Waals surface area contributed by atoms with E-state index in [0.717, 1.165) is 4.90 Å². The number of carbonyl (C=O) groups excluding carboxylic acids is 4. The molecule has 0 aromatic carbocycles. The molecule has 0 bridgehead atoms. The zero-order chi connectivity index (χ0) is 29.9. The lowest BCUT2D eigenvalue weighted by molar-refractivity contribution is -0.321. The van der Waals surface area contributed by atoms with Crippen molar-refractivity contribution in [1.82, 2.24) is 20.4 Å². The van der Waals surface area contributed by atoms with Crippen molar-refractivity contribution in [3.8, 4) is 0 Å². The Hall–Kier alpha value is -2.15. The van der Waals surface area contributed by atoms with Gasteiger partial charge in [-0.05, 0) is 27.7 Å². The molecule has 226 valence electrons. The fourth-order valence-electron chi connectivity index (χ4n) is 5.86. The molecule has 6 saturated heterocycles. The van der Waals surface area contributed by atoms with Gasteiger partial charge < -0.3 is 59.8 Å². The maximum absolute atomic E-state index is 12.2. The Morgan fingerprint density at radius 2 is 1.30 bits per heavy atom. The van der Waals surface area contributed by atoms with Crippen LogP contribution >= 0.6 is 11.6 Å². The lowest BCUT2D eigenvalue weighted by Crippen LogP contribution is -2.71. The first kappa shape index (κ1) is 30.8. The number of aliphatic hydroxyl groups is 4. The molecule has 0 aliphatic carbocycles. The number of nitrogens with zero attached hydrogens (tertiary/aromatic N) is 2. The summed E-state index contributed by atoms with van der Waals surface area (Å²) in [6.45, 7) is 6.95. The molecular weight excluding hydrogens is 560 g/mol. The van der Waals surface area contributed by atoms with Crippen LogP contribution in [0.25, 0.3) is 0 Å². The second-order valence-electron chi connectivity index (χ2n) is 10.9. The molecule has 40 heavy (non-hydrogen) atoms. The normalized spacial score (nSPS) is 42.2. The van der Waals surface area contributed by atoms with Crippen LogP contribution in [-0.2, 0) is 38.1 Å². The molecule has 6 N–H and O–H groups in total. The van der Waals surface area contributed by atoms with Crippen LogP contribution in [0.5, 0.6) is 0 Å². The van der Waals surface area contributed by atoms with E-state index in [0.29, 0.717) is 6.61 Å². The Morgan fingerprint density at radius 1 is 0.775 bits per heavy atom. The topological polar surface area (TPSA) is 217 Å². The Kier molecular flexibility index (Phi) is 8.41. The highest BCUT2D eigenvalue weighted by atomic mass is 35.5. The Bertz CT molecular complexity index is 1050. The second kappa shape index (κ2) is 10.9. The summed E-state index contributed by atoms with van der Waals surface area (Å²) in [6, 6.07) is -1.47. The number of hydrogen-bond acceptors (Lipinski definition) is 12. The fourth-order valence-corrected chi connectivity index (χ4v) is 5.86. The van der Waals surface area contributed by atoms with E-state index in [1.54, 1.807) is 0 Å². The van der Waals surface area contributed by atoms with Gasteiger partial charge in [-0.2, -0.15) is 0 Å². The summed E-state index contributed by atoms with van der Waals surface area (Å²) in [5.74, 6) is -4.62. The maximum atomic E-state index is 12.2. The standard InChI is InChI=1S/C14H20N2O6.C8H12N2O6.CH3Cl/c1-13(2)19-5-6-7(20-13)8-9(22-14(3,4)21-8)10-15-11(17)12(18)16(6)10;11-1-2-3(12)4(13)5(14)6-9-7(15)8(16)10(2)6;1-2/h6-10H,5H2,1-4H3,(H,15,17);2-6,11-14H,1H2,(H,9,15);1H3/t6-,7?,8+,9+,10+;2-,3?,4+,5+,6+;/m11./s1. The van der Waals surface area contributed by atoms with E-state index in [1.807, 2.05) is 27.7 Å². The van der Waals surface area contributed by atoms with Gasteiger partial charge in [-0.15, -0.1) is 11.6 Å². The number of ether oxygens (including phenoxy) is 4. The number of aliphatic hydroxyl groups excluding tert-OH is 4. The van der Waals surface area contributed by atoms with E-state index < -0.39 is 90.7 Å². The number of fused-ring (bicyclic) bond motifs is 7. The summed E-state index contributed by atoms with van der Waals surface area (Å²) in [5.41, 5.74) is 0. The number of carbonyl (C=O) groups is 4. The predicted molar refractivity (Wildman–Crippen MR) is 131 cm³/mol. The average Bonchev–Trinajstić information content (AvgIpc) is 3.50. The minimum atomic E-state index is -1.52. The van der Waals surface area contributed by atoms with Crippen molar-refractivity contribution in [2.24, 2.45) is 0 Å². The molecule has 4 amide bonds. The highest BCUT2D eigenvalue weighted by molar-refractivity contribution is 6.37.